The zero-order valence-corrected chi connectivity index (χ0v) is 15.9. The molecule has 4 rings (SSSR count). The summed E-state index contributed by atoms with van der Waals surface area (Å²) in [6.07, 6.45) is 2.84. The SMILES string of the molecule is O=C(NCCc1c[nH]c2ccccc12)N1CCN(c2ccccc2Cl)CC1. The zero-order valence-electron chi connectivity index (χ0n) is 15.1. The highest BCUT2D eigenvalue weighted by Gasteiger charge is 2.22. The topological polar surface area (TPSA) is 51.4 Å². The lowest BCUT2D eigenvalue weighted by atomic mass is 10.1. The molecule has 1 aromatic heterocycles. The summed E-state index contributed by atoms with van der Waals surface area (Å²) in [4.78, 5) is 19.8. The fourth-order valence-corrected chi connectivity index (χ4v) is 3.87. The van der Waals surface area contributed by atoms with Gasteiger partial charge in [-0.25, -0.2) is 4.79 Å². The van der Waals surface area contributed by atoms with E-state index < -0.39 is 0 Å². The molecule has 2 aromatic carbocycles. The van der Waals surface area contributed by atoms with Crippen LogP contribution in [0.5, 0.6) is 0 Å². The van der Waals surface area contributed by atoms with Crippen molar-refractivity contribution in [2.75, 3.05) is 37.6 Å². The van der Waals surface area contributed by atoms with Crippen LogP contribution in [0.3, 0.4) is 0 Å². The Bertz CT molecular complexity index is 931. The number of rotatable bonds is 4. The molecule has 0 radical (unpaired) electrons. The first-order valence-corrected chi connectivity index (χ1v) is 9.67. The van der Waals surface area contributed by atoms with Crippen LogP contribution in [0.2, 0.25) is 5.02 Å². The smallest absolute Gasteiger partial charge is 0.317 e. The maximum atomic E-state index is 12.5. The zero-order chi connectivity index (χ0) is 18.6. The first-order valence-electron chi connectivity index (χ1n) is 9.29. The number of carbonyl (C=O) groups excluding carboxylic acids is 1. The molecule has 1 fully saturated rings. The van der Waals surface area contributed by atoms with Gasteiger partial charge in [0.05, 0.1) is 10.7 Å². The van der Waals surface area contributed by atoms with E-state index in [0.29, 0.717) is 19.6 Å². The number of carbonyl (C=O) groups is 1. The van der Waals surface area contributed by atoms with Crippen molar-refractivity contribution in [3.05, 3.63) is 65.3 Å². The number of amides is 2. The summed E-state index contributed by atoms with van der Waals surface area (Å²) in [7, 11) is 0. The minimum absolute atomic E-state index is 0.00801. The van der Waals surface area contributed by atoms with Gasteiger partial charge in [-0.1, -0.05) is 41.9 Å². The third-order valence-corrected chi connectivity index (χ3v) is 5.43. The number of aromatic amines is 1. The number of hydrogen-bond donors (Lipinski definition) is 2. The molecule has 2 heterocycles. The maximum Gasteiger partial charge on any atom is 0.317 e. The normalized spacial score (nSPS) is 14.6. The van der Waals surface area contributed by atoms with Crippen LogP contribution in [0.15, 0.2) is 54.7 Å². The predicted octanol–water partition coefficient (Wildman–Crippen LogP) is 3.90. The second kappa shape index (κ2) is 7.92. The van der Waals surface area contributed by atoms with E-state index in [1.54, 1.807) is 0 Å². The predicted molar refractivity (Wildman–Crippen MR) is 111 cm³/mol. The van der Waals surface area contributed by atoms with Crippen LogP contribution in [0.25, 0.3) is 10.9 Å². The van der Waals surface area contributed by atoms with Crippen molar-refractivity contribution in [3.8, 4) is 0 Å². The number of hydrogen-bond acceptors (Lipinski definition) is 2. The highest BCUT2D eigenvalue weighted by molar-refractivity contribution is 6.33. The van der Waals surface area contributed by atoms with Crippen LogP contribution in [-0.4, -0.2) is 48.6 Å². The Kier molecular flexibility index (Phi) is 5.21. The number of nitrogens with zero attached hydrogens (tertiary/aromatic N) is 2. The Morgan fingerprint density at radius 1 is 1.04 bits per heavy atom. The van der Waals surface area contributed by atoms with Crippen LogP contribution in [0, 0.1) is 0 Å². The summed E-state index contributed by atoms with van der Waals surface area (Å²) in [6, 6.07) is 16.1. The molecule has 1 saturated heterocycles. The van der Waals surface area contributed by atoms with Gasteiger partial charge in [-0.15, -0.1) is 0 Å². The molecule has 27 heavy (non-hydrogen) atoms. The summed E-state index contributed by atoms with van der Waals surface area (Å²) in [5, 5.41) is 5.03. The monoisotopic (exact) mass is 382 g/mol. The van der Waals surface area contributed by atoms with Gasteiger partial charge in [0.2, 0.25) is 0 Å². The minimum Gasteiger partial charge on any atom is -0.367 e. The highest BCUT2D eigenvalue weighted by atomic mass is 35.5. The van der Waals surface area contributed by atoms with Gasteiger partial charge in [-0.2, -0.15) is 0 Å². The number of H-pyrrole nitrogens is 1. The molecule has 2 amide bonds. The number of fused-ring (bicyclic) bond motifs is 1. The fraction of sp³-hybridized carbons (Fsp3) is 0.286. The lowest BCUT2D eigenvalue weighted by Crippen LogP contribution is -2.52. The average molecular weight is 383 g/mol. The van der Waals surface area contributed by atoms with Crippen LogP contribution in [0.1, 0.15) is 5.56 Å². The fourth-order valence-electron chi connectivity index (χ4n) is 3.61. The Morgan fingerprint density at radius 2 is 1.78 bits per heavy atom. The van der Waals surface area contributed by atoms with Crippen molar-refractivity contribution in [3.63, 3.8) is 0 Å². The number of urea groups is 1. The van der Waals surface area contributed by atoms with Crippen LogP contribution in [-0.2, 0) is 6.42 Å². The van der Waals surface area contributed by atoms with Crippen molar-refractivity contribution in [2.45, 2.75) is 6.42 Å². The van der Waals surface area contributed by atoms with Crippen molar-refractivity contribution in [1.29, 1.82) is 0 Å². The van der Waals surface area contributed by atoms with E-state index in [-0.39, 0.29) is 6.03 Å². The van der Waals surface area contributed by atoms with E-state index in [2.05, 4.69) is 27.3 Å². The van der Waals surface area contributed by atoms with Gasteiger partial charge in [-0.05, 0) is 30.2 Å². The first-order chi connectivity index (χ1) is 13.2. The van der Waals surface area contributed by atoms with Gasteiger partial charge < -0.3 is 20.1 Å². The maximum absolute atomic E-state index is 12.5. The van der Waals surface area contributed by atoms with Crippen molar-refractivity contribution in [1.82, 2.24) is 15.2 Å². The highest BCUT2D eigenvalue weighted by Crippen LogP contribution is 2.26. The van der Waals surface area contributed by atoms with E-state index >= 15 is 0 Å². The number of nitrogens with one attached hydrogen (secondary N) is 2. The van der Waals surface area contributed by atoms with E-state index in [0.717, 1.165) is 35.7 Å². The number of benzene rings is 2. The quantitative estimate of drug-likeness (QED) is 0.719. The van der Waals surface area contributed by atoms with Crippen molar-refractivity contribution in [2.24, 2.45) is 0 Å². The number of para-hydroxylation sites is 2. The molecule has 1 aliphatic heterocycles. The Balaban J connectivity index is 1.27. The summed E-state index contributed by atoms with van der Waals surface area (Å²) < 4.78 is 0. The summed E-state index contributed by atoms with van der Waals surface area (Å²) in [5.41, 5.74) is 3.41. The Morgan fingerprint density at radius 3 is 2.59 bits per heavy atom. The molecule has 0 saturated carbocycles. The molecule has 0 unspecified atom stereocenters. The number of anilines is 1. The first kappa shape index (κ1) is 17.7. The van der Waals surface area contributed by atoms with Gasteiger partial charge in [0.25, 0.3) is 0 Å². The molecule has 1 aliphatic rings. The van der Waals surface area contributed by atoms with E-state index in [9.17, 15) is 4.79 Å². The molecule has 0 aliphatic carbocycles. The van der Waals surface area contributed by atoms with E-state index in [1.165, 1.54) is 10.9 Å². The molecule has 0 atom stereocenters. The number of piperazine rings is 1. The van der Waals surface area contributed by atoms with Gasteiger partial charge in [0.1, 0.15) is 0 Å². The summed E-state index contributed by atoms with van der Waals surface area (Å²) in [5.74, 6) is 0. The van der Waals surface area contributed by atoms with E-state index in [4.69, 9.17) is 11.6 Å². The summed E-state index contributed by atoms with van der Waals surface area (Å²) >= 11 is 6.28. The molecule has 3 aromatic rings. The van der Waals surface area contributed by atoms with E-state index in [1.807, 2.05) is 47.5 Å². The van der Waals surface area contributed by atoms with Crippen LogP contribution in [0.4, 0.5) is 10.5 Å². The standard InChI is InChI=1S/C21H23ClN4O/c22-18-6-2-4-8-20(18)25-11-13-26(14-12-25)21(27)23-10-9-16-15-24-19-7-3-1-5-17(16)19/h1-8,15,24H,9-14H2,(H,23,27). The minimum atomic E-state index is 0.00801. The summed E-state index contributed by atoms with van der Waals surface area (Å²) in [6.45, 7) is 3.61. The number of halogens is 1. The molecule has 0 spiro atoms. The lowest BCUT2D eigenvalue weighted by molar-refractivity contribution is 0.194. The van der Waals surface area contributed by atoms with Gasteiger partial charge in [-0.3, -0.25) is 0 Å². The molecular formula is C21H23ClN4O. The second-order valence-electron chi connectivity index (χ2n) is 6.77. The molecule has 2 N–H and O–H groups in total. The largest absolute Gasteiger partial charge is 0.367 e. The molecular weight excluding hydrogens is 360 g/mol. The second-order valence-corrected chi connectivity index (χ2v) is 7.17. The lowest BCUT2D eigenvalue weighted by Gasteiger charge is -2.36. The van der Waals surface area contributed by atoms with Crippen molar-refractivity contribution >= 4 is 34.2 Å². The Labute approximate surface area is 163 Å². The molecule has 0 bridgehead atoms. The number of aromatic nitrogens is 1. The van der Waals surface area contributed by atoms with Gasteiger partial charge >= 0.3 is 6.03 Å². The average Bonchev–Trinajstić information content (AvgIpc) is 3.12. The van der Waals surface area contributed by atoms with Crippen molar-refractivity contribution < 1.29 is 4.79 Å². The van der Waals surface area contributed by atoms with Gasteiger partial charge in [0.15, 0.2) is 0 Å². The molecule has 6 heteroatoms. The molecule has 140 valence electrons. The van der Waals surface area contributed by atoms with Gasteiger partial charge in [0, 0.05) is 49.8 Å². The Hall–Kier alpha value is -2.66. The van der Waals surface area contributed by atoms with Crippen LogP contribution >= 0.6 is 11.6 Å². The van der Waals surface area contributed by atoms with Crippen LogP contribution < -0.4 is 10.2 Å². The molecule has 5 nitrogen and oxygen atoms in total. The third-order valence-electron chi connectivity index (χ3n) is 5.11. The third kappa shape index (κ3) is 3.88.